The van der Waals surface area contributed by atoms with Crippen LogP contribution in [-0.4, -0.2) is 54.0 Å². The van der Waals surface area contributed by atoms with Gasteiger partial charge in [0.25, 0.3) is 0 Å². The molecule has 6 heteroatoms. The van der Waals surface area contributed by atoms with E-state index in [0.717, 1.165) is 38.3 Å². The van der Waals surface area contributed by atoms with Gasteiger partial charge in [-0.25, -0.2) is 13.4 Å². The summed E-state index contributed by atoms with van der Waals surface area (Å²) in [6, 6.07) is 0.495. The van der Waals surface area contributed by atoms with Crippen LogP contribution in [-0.2, 0) is 16.3 Å². The van der Waals surface area contributed by atoms with Crippen LogP contribution in [0, 0.1) is 5.92 Å². The van der Waals surface area contributed by atoms with Gasteiger partial charge in [0.05, 0.1) is 11.5 Å². The Labute approximate surface area is 127 Å². The van der Waals surface area contributed by atoms with Crippen LogP contribution in [0.1, 0.15) is 38.1 Å². The lowest BCUT2D eigenvalue weighted by Gasteiger charge is -2.35. The zero-order valence-electron chi connectivity index (χ0n) is 12.7. The lowest BCUT2D eigenvalue weighted by molar-refractivity contribution is 0.157. The molecular formula is C15H25N3O2S. The molecule has 21 heavy (non-hydrogen) atoms. The van der Waals surface area contributed by atoms with Gasteiger partial charge in [0.1, 0.15) is 5.82 Å². The molecule has 5 nitrogen and oxygen atoms in total. The molecule has 0 bridgehead atoms. The number of hydrogen-bond donors (Lipinski definition) is 0. The number of imidazole rings is 1. The molecule has 3 heterocycles. The summed E-state index contributed by atoms with van der Waals surface area (Å²) in [7, 11) is -2.76. The molecule has 0 radical (unpaired) electrons. The van der Waals surface area contributed by atoms with E-state index in [0.29, 0.717) is 23.5 Å². The first kappa shape index (κ1) is 15.0. The van der Waals surface area contributed by atoms with Crippen LogP contribution in [0.4, 0.5) is 0 Å². The average Bonchev–Trinajstić information content (AvgIpc) is 3.05. The monoisotopic (exact) mass is 311 g/mol. The summed E-state index contributed by atoms with van der Waals surface area (Å²) in [5.41, 5.74) is 0. The number of aromatic nitrogens is 2. The highest BCUT2D eigenvalue weighted by atomic mass is 32.2. The zero-order chi connectivity index (χ0) is 14.9. The summed E-state index contributed by atoms with van der Waals surface area (Å²) in [5.74, 6) is 2.27. The second-order valence-electron chi connectivity index (χ2n) is 6.43. The van der Waals surface area contributed by atoms with Gasteiger partial charge in [0, 0.05) is 37.9 Å². The molecule has 2 aliphatic heterocycles. The maximum Gasteiger partial charge on any atom is 0.150 e. The van der Waals surface area contributed by atoms with Crippen LogP contribution in [0.25, 0.3) is 0 Å². The van der Waals surface area contributed by atoms with Gasteiger partial charge in [0.2, 0.25) is 0 Å². The number of hydrogen-bond acceptors (Lipinski definition) is 4. The number of likely N-dealkylation sites (tertiary alicyclic amines) is 1. The van der Waals surface area contributed by atoms with Crippen molar-refractivity contribution >= 4 is 9.84 Å². The van der Waals surface area contributed by atoms with Crippen molar-refractivity contribution in [3.8, 4) is 0 Å². The van der Waals surface area contributed by atoms with E-state index in [1.165, 1.54) is 12.8 Å². The van der Waals surface area contributed by atoms with Crippen LogP contribution in [0.15, 0.2) is 12.4 Å². The van der Waals surface area contributed by atoms with E-state index in [9.17, 15) is 8.42 Å². The number of nitrogens with zero attached hydrogens (tertiary/aromatic N) is 3. The summed E-state index contributed by atoms with van der Waals surface area (Å²) < 4.78 is 25.5. The molecule has 1 aromatic heterocycles. The predicted molar refractivity (Wildman–Crippen MR) is 83.1 cm³/mol. The summed E-state index contributed by atoms with van der Waals surface area (Å²) in [6.45, 7) is 5.21. The van der Waals surface area contributed by atoms with Crippen LogP contribution < -0.4 is 0 Å². The Morgan fingerprint density at radius 1 is 1.38 bits per heavy atom. The fraction of sp³-hybridized carbons (Fsp3) is 0.800. The smallest absolute Gasteiger partial charge is 0.150 e. The molecular weight excluding hydrogens is 286 g/mol. The van der Waals surface area contributed by atoms with E-state index < -0.39 is 9.84 Å². The van der Waals surface area contributed by atoms with Gasteiger partial charge < -0.3 is 9.47 Å². The van der Waals surface area contributed by atoms with E-state index in [4.69, 9.17) is 0 Å². The minimum absolute atomic E-state index is 0.335. The van der Waals surface area contributed by atoms with Gasteiger partial charge in [-0.3, -0.25) is 0 Å². The summed E-state index contributed by atoms with van der Waals surface area (Å²) in [4.78, 5) is 6.88. The highest BCUT2D eigenvalue weighted by Crippen LogP contribution is 2.26. The van der Waals surface area contributed by atoms with Crippen LogP contribution in [0.5, 0.6) is 0 Å². The Hall–Kier alpha value is -0.880. The molecule has 0 amide bonds. The van der Waals surface area contributed by atoms with Gasteiger partial charge >= 0.3 is 0 Å². The predicted octanol–water partition coefficient (Wildman–Crippen LogP) is 1.52. The van der Waals surface area contributed by atoms with Gasteiger partial charge in [-0.1, -0.05) is 6.92 Å². The van der Waals surface area contributed by atoms with Crippen molar-refractivity contribution in [3.63, 3.8) is 0 Å². The summed E-state index contributed by atoms with van der Waals surface area (Å²) in [5, 5.41) is 0. The normalized spacial score (nSPS) is 29.8. The zero-order valence-corrected chi connectivity index (χ0v) is 13.6. The average molecular weight is 311 g/mol. The van der Waals surface area contributed by atoms with Crippen molar-refractivity contribution < 1.29 is 8.42 Å². The van der Waals surface area contributed by atoms with Crippen LogP contribution >= 0.6 is 0 Å². The summed E-state index contributed by atoms with van der Waals surface area (Å²) >= 11 is 0. The SMILES string of the molecule is CCc1nccn1[C@H]1CCCN(C[C@H]2CCS(=O)(=O)C2)C1. The maximum absolute atomic E-state index is 11.6. The van der Waals surface area contributed by atoms with E-state index in [1.54, 1.807) is 0 Å². The van der Waals surface area contributed by atoms with E-state index >= 15 is 0 Å². The molecule has 118 valence electrons. The Bertz CT molecular complexity index is 581. The topological polar surface area (TPSA) is 55.2 Å². The number of rotatable bonds is 4. The highest BCUT2D eigenvalue weighted by Gasteiger charge is 2.31. The molecule has 0 saturated carbocycles. The third-order valence-electron chi connectivity index (χ3n) is 4.78. The van der Waals surface area contributed by atoms with Crippen LogP contribution in [0.2, 0.25) is 0 Å². The van der Waals surface area contributed by atoms with Crippen molar-refractivity contribution in [2.45, 2.75) is 38.6 Å². The van der Waals surface area contributed by atoms with Crippen LogP contribution in [0.3, 0.4) is 0 Å². The number of piperidine rings is 1. The quantitative estimate of drug-likeness (QED) is 0.846. The molecule has 2 fully saturated rings. The Balaban J connectivity index is 1.61. The minimum Gasteiger partial charge on any atom is -0.331 e. The van der Waals surface area contributed by atoms with E-state index in [-0.39, 0.29) is 0 Å². The van der Waals surface area contributed by atoms with Gasteiger partial charge in [-0.2, -0.15) is 0 Å². The maximum atomic E-state index is 11.6. The first-order valence-corrected chi connectivity index (χ1v) is 9.84. The molecule has 0 aromatic carbocycles. The second kappa shape index (κ2) is 6.08. The third kappa shape index (κ3) is 3.48. The molecule has 0 aliphatic carbocycles. The Morgan fingerprint density at radius 3 is 2.95 bits per heavy atom. The van der Waals surface area contributed by atoms with Crippen molar-refractivity contribution in [3.05, 3.63) is 18.2 Å². The van der Waals surface area contributed by atoms with Crippen molar-refractivity contribution in [2.75, 3.05) is 31.1 Å². The van der Waals surface area contributed by atoms with Crippen molar-refractivity contribution in [1.29, 1.82) is 0 Å². The van der Waals surface area contributed by atoms with E-state index in [1.807, 2.05) is 6.20 Å². The Morgan fingerprint density at radius 2 is 2.24 bits per heavy atom. The first-order valence-electron chi connectivity index (χ1n) is 8.02. The fourth-order valence-electron chi connectivity index (χ4n) is 3.76. The highest BCUT2D eigenvalue weighted by molar-refractivity contribution is 7.91. The Kier molecular flexibility index (Phi) is 4.36. The van der Waals surface area contributed by atoms with Gasteiger partial charge in [-0.15, -0.1) is 0 Å². The third-order valence-corrected chi connectivity index (χ3v) is 6.62. The van der Waals surface area contributed by atoms with Gasteiger partial charge in [-0.05, 0) is 31.7 Å². The lowest BCUT2D eigenvalue weighted by atomic mass is 10.0. The molecule has 1 aromatic rings. The standard InChI is InChI=1S/C15H25N3O2S/c1-2-15-16-6-8-18(15)14-4-3-7-17(11-14)10-13-5-9-21(19,20)12-13/h6,8,13-14H,2-5,7,9-12H2,1H3/t13-,14+/m1/s1. The van der Waals surface area contributed by atoms with E-state index in [2.05, 4.69) is 27.6 Å². The fourth-order valence-corrected chi connectivity index (χ4v) is 5.60. The largest absolute Gasteiger partial charge is 0.331 e. The van der Waals surface area contributed by atoms with Crippen molar-refractivity contribution in [2.24, 2.45) is 5.92 Å². The molecule has 0 N–H and O–H groups in total. The lowest BCUT2D eigenvalue weighted by Crippen LogP contribution is -2.39. The van der Waals surface area contributed by atoms with Crippen molar-refractivity contribution in [1.82, 2.24) is 14.5 Å². The molecule has 2 atom stereocenters. The van der Waals surface area contributed by atoms with Gasteiger partial charge in [0.15, 0.2) is 9.84 Å². The first-order chi connectivity index (χ1) is 10.1. The number of sulfone groups is 1. The molecule has 0 unspecified atom stereocenters. The molecule has 2 saturated heterocycles. The molecule has 0 spiro atoms. The molecule has 3 rings (SSSR count). The molecule has 2 aliphatic rings. The second-order valence-corrected chi connectivity index (χ2v) is 8.66. The minimum atomic E-state index is -2.76. The number of aryl methyl sites for hydroxylation is 1. The summed E-state index contributed by atoms with van der Waals surface area (Å²) in [6.07, 6.45) is 8.17.